The standard InChI is InChI=1S/C25H27N3O3/c1-16-9-11-17(12-10-16)23(29)21-22(28(14-13-26(2)3)25(31)24(21)30)19-15-27(4)20-8-6-5-7-18(19)20/h5-12,15,22,29H,13-14H2,1-4H3/b23-21+. The first-order chi connectivity index (χ1) is 14.8. The normalized spacial score (nSPS) is 18.5. The minimum atomic E-state index is -0.646. The number of amides is 1. The maximum atomic E-state index is 13.1. The Morgan fingerprint density at radius 3 is 2.42 bits per heavy atom. The average molecular weight is 418 g/mol. The van der Waals surface area contributed by atoms with Crippen molar-refractivity contribution in [3.8, 4) is 0 Å². The fourth-order valence-electron chi connectivity index (χ4n) is 4.20. The Bertz CT molecular complexity index is 1190. The van der Waals surface area contributed by atoms with Crippen LogP contribution in [0.1, 0.15) is 22.7 Å². The second-order valence-electron chi connectivity index (χ2n) is 8.37. The van der Waals surface area contributed by atoms with Gasteiger partial charge < -0.3 is 19.5 Å². The molecule has 2 heterocycles. The Hall–Kier alpha value is -3.38. The summed E-state index contributed by atoms with van der Waals surface area (Å²) in [5.74, 6) is -1.35. The lowest BCUT2D eigenvalue weighted by Crippen LogP contribution is -2.35. The van der Waals surface area contributed by atoms with Crippen LogP contribution in [0.25, 0.3) is 16.7 Å². The molecule has 4 rings (SSSR count). The number of fused-ring (bicyclic) bond motifs is 1. The summed E-state index contributed by atoms with van der Waals surface area (Å²) < 4.78 is 1.99. The van der Waals surface area contributed by atoms with Crippen molar-refractivity contribution >= 4 is 28.4 Å². The average Bonchev–Trinajstić information content (AvgIpc) is 3.21. The third-order valence-electron chi connectivity index (χ3n) is 5.88. The molecule has 1 N–H and O–H groups in total. The number of rotatable bonds is 5. The van der Waals surface area contributed by atoms with Crippen LogP contribution in [-0.2, 0) is 16.6 Å². The van der Waals surface area contributed by atoms with Gasteiger partial charge in [0.05, 0.1) is 11.6 Å². The predicted molar refractivity (Wildman–Crippen MR) is 122 cm³/mol. The first-order valence-corrected chi connectivity index (χ1v) is 10.3. The van der Waals surface area contributed by atoms with Gasteiger partial charge in [-0.3, -0.25) is 9.59 Å². The number of Topliss-reactive ketones (excluding diaryl/α,β-unsaturated/α-hetero) is 1. The van der Waals surface area contributed by atoms with Gasteiger partial charge in [0.25, 0.3) is 11.7 Å². The van der Waals surface area contributed by atoms with Crippen molar-refractivity contribution in [1.29, 1.82) is 0 Å². The number of hydrogen-bond donors (Lipinski definition) is 1. The Labute approximate surface area is 182 Å². The van der Waals surface area contributed by atoms with Gasteiger partial charge in [-0.2, -0.15) is 0 Å². The maximum Gasteiger partial charge on any atom is 0.295 e. The monoisotopic (exact) mass is 417 g/mol. The molecule has 160 valence electrons. The van der Waals surface area contributed by atoms with E-state index in [0.29, 0.717) is 18.7 Å². The quantitative estimate of drug-likeness (QED) is 0.392. The highest BCUT2D eigenvalue weighted by Crippen LogP contribution is 2.42. The molecule has 31 heavy (non-hydrogen) atoms. The van der Waals surface area contributed by atoms with Crippen LogP contribution >= 0.6 is 0 Å². The van der Waals surface area contributed by atoms with Crippen molar-refractivity contribution in [2.45, 2.75) is 13.0 Å². The van der Waals surface area contributed by atoms with E-state index in [1.54, 1.807) is 17.0 Å². The van der Waals surface area contributed by atoms with E-state index in [-0.39, 0.29) is 11.3 Å². The van der Waals surface area contributed by atoms with Gasteiger partial charge in [-0.15, -0.1) is 0 Å². The fraction of sp³-hybridized carbons (Fsp3) is 0.280. The predicted octanol–water partition coefficient (Wildman–Crippen LogP) is 3.47. The fourth-order valence-corrected chi connectivity index (χ4v) is 4.20. The molecule has 6 nitrogen and oxygen atoms in total. The Kier molecular flexibility index (Phi) is 5.41. The Morgan fingerprint density at radius 1 is 1.06 bits per heavy atom. The summed E-state index contributed by atoms with van der Waals surface area (Å²) in [6, 6.07) is 14.6. The number of carbonyl (C=O) groups is 2. The Balaban J connectivity index is 1.93. The van der Waals surface area contributed by atoms with Crippen LogP contribution in [0.5, 0.6) is 0 Å². The SMILES string of the molecule is Cc1ccc(/C(O)=C2\C(=O)C(=O)N(CCN(C)C)C2c2cn(C)c3ccccc23)cc1. The summed E-state index contributed by atoms with van der Waals surface area (Å²) in [7, 11) is 5.80. The van der Waals surface area contributed by atoms with Crippen LogP contribution in [0, 0.1) is 6.92 Å². The number of likely N-dealkylation sites (tertiary alicyclic amines) is 1. The van der Waals surface area contributed by atoms with E-state index in [1.807, 2.05) is 80.1 Å². The van der Waals surface area contributed by atoms with Crippen molar-refractivity contribution in [3.05, 3.63) is 77.0 Å². The number of aryl methyl sites for hydroxylation is 2. The molecular weight excluding hydrogens is 390 g/mol. The molecule has 1 atom stereocenters. The molecule has 1 amide bonds. The largest absolute Gasteiger partial charge is 0.507 e. The van der Waals surface area contributed by atoms with E-state index in [0.717, 1.165) is 22.0 Å². The zero-order valence-electron chi connectivity index (χ0n) is 18.3. The summed E-state index contributed by atoms with van der Waals surface area (Å²) in [5.41, 5.74) is 3.56. The summed E-state index contributed by atoms with van der Waals surface area (Å²) in [4.78, 5) is 29.7. The van der Waals surface area contributed by atoms with Crippen LogP contribution in [0.3, 0.4) is 0 Å². The number of nitrogens with zero attached hydrogens (tertiary/aromatic N) is 3. The van der Waals surface area contributed by atoms with Crippen molar-refractivity contribution in [1.82, 2.24) is 14.4 Å². The van der Waals surface area contributed by atoms with E-state index in [4.69, 9.17) is 0 Å². The first kappa shape index (κ1) is 20.9. The van der Waals surface area contributed by atoms with Crippen molar-refractivity contribution in [2.75, 3.05) is 27.2 Å². The van der Waals surface area contributed by atoms with Gasteiger partial charge in [-0.05, 0) is 27.1 Å². The molecule has 1 aromatic heterocycles. The van der Waals surface area contributed by atoms with Crippen molar-refractivity contribution < 1.29 is 14.7 Å². The van der Waals surface area contributed by atoms with E-state index < -0.39 is 17.7 Å². The van der Waals surface area contributed by atoms with Gasteiger partial charge in [-0.25, -0.2) is 0 Å². The van der Waals surface area contributed by atoms with Gasteiger partial charge in [0.1, 0.15) is 5.76 Å². The lowest BCUT2D eigenvalue weighted by molar-refractivity contribution is -0.140. The number of para-hydroxylation sites is 1. The van der Waals surface area contributed by atoms with Crippen LogP contribution in [0.4, 0.5) is 0 Å². The van der Waals surface area contributed by atoms with Gasteiger partial charge >= 0.3 is 0 Å². The number of ketones is 1. The second-order valence-corrected chi connectivity index (χ2v) is 8.37. The number of hydrogen-bond acceptors (Lipinski definition) is 4. The molecule has 1 unspecified atom stereocenters. The highest BCUT2D eigenvalue weighted by atomic mass is 16.3. The molecule has 0 spiro atoms. The van der Waals surface area contributed by atoms with Crippen LogP contribution in [-0.4, -0.2) is 58.3 Å². The maximum absolute atomic E-state index is 13.1. The van der Waals surface area contributed by atoms with E-state index in [9.17, 15) is 14.7 Å². The van der Waals surface area contributed by atoms with Crippen molar-refractivity contribution in [2.24, 2.45) is 7.05 Å². The summed E-state index contributed by atoms with van der Waals surface area (Å²) >= 11 is 0. The minimum absolute atomic E-state index is 0.136. The summed E-state index contributed by atoms with van der Waals surface area (Å²) in [6.07, 6.45) is 1.95. The zero-order chi connectivity index (χ0) is 22.3. The highest BCUT2D eigenvalue weighted by molar-refractivity contribution is 6.46. The molecule has 0 aliphatic carbocycles. The number of likely N-dealkylation sites (N-methyl/N-ethyl adjacent to an activating group) is 1. The zero-order valence-corrected chi connectivity index (χ0v) is 18.3. The molecule has 1 fully saturated rings. The summed E-state index contributed by atoms with van der Waals surface area (Å²) in [5, 5.41) is 12.1. The third kappa shape index (κ3) is 3.64. The lowest BCUT2D eigenvalue weighted by Gasteiger charge is -2.26. The molecule has 6 heteroatoms. The van der Waals surface area contributed by atoms with E-state index in [1.165, 1.54) is 0 Å². The van der Waals surface area contributed by atoms with E-state index in [2.05, 4.69) is 0 Å². The number of carbonyl (C=O) groups excluding carboxylic acids is 2. The van der Waals surface area contributed by atoms with Crippen LogP contribution < -0.4 is 0 Å². The van der Waals surface area contributed by atoms with Crippen LogP contribution in [0.15, 0.2) is 60.3 Å². The number of benzene rings is 2. The van der Waals surface area contributed by atoms with Gasteiger partial charge in [0.2, 0.25) is 0 Å². The molecule has 1 saturated heterocycles. The van der Waals surface area contributed by atoms with Gasteiger partial charge in [0.15, 0.2) is 0 Å². The lowest BCUT2D eigenvalue weighted by atomic mass is 9.94. The van der Waals surface area contributed by atoms with Crippen molar-refractivity contribution in [3.63, 3.8) is 0 Å². The number of aromatic nitrogens is 1. The molecule has 2 aromatic carbocycles. The molecular formula is C25H27N3O3. The van der Waals surface area contributed by atoms with E-state index >= 15 is 0 Å². The van der Waals surface area contributed by atoms with Crippen LogP contribution in [0.2, 0.25) is 0 Å². The molecule has 0 radical (unpaired) electrons. The second kappa shape index (κ2) is 8.04. The molecule has 0 saturated carbocycles. The molecule has 3 aromatic rings. The minimum Gasteiger partial charge on any atom is -0.507 e. The van der Waals surface area contributed by atoms with Gasteiger partial charge in [-0.1, -0.05) is 48.0 Å². The number of aliphatic hydroxyl groups excluding tert-OH is 1. The molecule has 1 aliphatic rings. The first-order valence-electron chi connectivity index (χ1n) is 10.3. The Morgan fingerprint density at radius 2 is 1.74 bits per heavy atom. The number of aliphatic hydroxyl groups is 1. The topological polar surface area (TPSA) is 65.8 Å². The van der Waals surface area contributed by atoms with Gasteiger partial charge in [0, 0.05) is 48.4 Å². The molecule has 1 aliphatic heterocycles. The molecule has 0 bridgehead atoms. The smallest absolute Gasteiger partial charge is 0.295 e. The highest BCUT2D eigenvalue weighted by Gasteiger charge is 2.46. The third-order valence-corrected chi connectivity index (χ3v) is 5.88. The summed E-state index contributed by atoms with van der Waals surface area (Å²) in [6.45, 7) is 2.95.